The molecule has 0 aliphatic heterocycles. The third-order valence-electron chi connectivity index (χ3n) is 3.05. The van der Waals surface area contributed by atoms with Gasteiger partial charge in [-0.3, -0.25) is 10.1 Å². The predicted molar refractivity (Wildman–Crippen MR) is 89.4 cm³/mol. The van der Waals surface area contributed by atoms with Crippen LogP contribution in [0.2, 0.25) is 0 Å². The molecule has 0 heterocycles. The van der Waals surface area contributed by atoms with E-state index < -0.39 is 34.5 Å². The van der Waals surface area contributed by atoms with Gasteiger partial charge in [0.1, 0.15) is 0 Å². The van der Waals surface area contributed by atoms with E-state index in [1.807, 2.05) is 12.2 Å². The maximum atomic E-state index is 11.9. The van der Waals surface area contributed by atoms with Crippen LogP contribution in [0.5, 0.6) is 0 Å². The van der Waals surface area contributed by atoms with Gasteiger partial charge in [-0.05, 0) is 31.7 Å². The second kappa shape index (κ2) is 9.74. The van der Waals surface area contributed by atoms with E-state index in [1.54, 1.807) is 0 Å². The average Bonchev–Trinajstić information content (AvgIpc) is 2.60. The monoisotopic (exact) mass is 371 g/mol. The minimum absolute atomic E-state index is 0.0310. The molecule has 0 bridgehead atoms. The Morgan fingerprint density at radius 1 is 1.20 bits per heavy atom. The number of ether oxygens (including phenoxy) is 1. The number of hydrogen-bond donors (Lipinski definition) is 3. The molecule has 0 spiro atoms. The standard InChI is InChI=1S/C15H21N3O6S/c1-3-4-8-17-15(21)18-13(19)10-24-14(20)11-6-5-7-12(9-11)25(22,23)16-2/h5-7,9,16H,3-4,8,10H2,1-2H3,(H2,17,18,19,21). The lowest BCUT2D eigenvalue weighted by Crippen LogP contribution is -2.41. The zero-order chi connectivity index (χ0) is 18.9. The van der Waals surface area contributed by atoms with Gasteiger partial charge in [0.2, 0.25) is 10.0 Å². The molecule has 1 rings (SSSR count). The van der Waals surface area contributed by atoms with Crippen LogP contribution in [-0.2, 0) is 19.6 Å². The van der Waals surface area contributed by atoms with Crippen molar-refractivity contribution < 1.29 is 27.5 Å². The topological polar surface area (TPSA) is 131 Å². The Kier molecular flexibility index (Phi) is 8.02. The molecule has 1 aromatic carbocycles. The molecular weight excluding hydrogens is 350 g/mol. The number of imide groups is 1. The number of benzene rings is 1. The molecule has 0 fully saturated rings. The fourth-order valence-corrected chi connectivity index (χ4v) is 2.48. The second-order valence-electron chi connectivity index (χ2n) is 4.97. The van der Waals surface area contributed by atoms with E-state index in [-0.39, 0.29) is 10.5 Å². The Morgan fingerprint density at radius 3 is 2.56 bits per heavy atom. The third-order valence-corrected chi connectivity index (χ3v) is 4.46. The first-order valence-electron chi connectivity index (χ1n) is 7.58. The molecular formula is C15H21N3O6S. The van der Waals surface area contributed by atoms with Crippen LogP contribution in [0.25, 0.3) is 0 Å². The summed E-state index contributed by atoms with van der Waals surface area (Å²) in [6.07, 6.45) is 1.68. The van der Waals surface area contributed by atoms with Crippen LogP contribution in [0.15, 0.2) is 29.2 Å². The molecule has 0 saturated heterocycles. The number of nitrogens with one attached hydrogen (secondary N) is 3. The fraction of sp³-hybridized carbons (Fsp3) is 0.400. The summed E-state index contributed by atoms with van der Waals surface area (Å²) in [7, 11) is -2.46. The van der Waals surface area contributed by atoms with E-state index in [1.165, 1.54) is 25.2 Å². The summed E-state index contributed by atoms with van der Waals surface area (Å²) in [4.78, 5) is 34.7. The Bertz CT molecular complexity index is 733. The van der Waals surface area contributed by atoms with Gasteiger partial charge in [-0.1, -0.05) is 19.4 Å². The molecule has 0 atom stereocenters. The van der Waals surface area contributed by atoms with Crippen molar-refractivity contribution >= 4 is 27.9 Å². The van der Waals surface area contributed by atoms with E-state index in [4.69, 9.17) is 4.74 Å². The maximum absolute atomic E-state index is 11.9. The van der Waals surface area contributed by atoms with Crippen LogP contribution in [0.3, 0.4) is 0 Å². The number of carbonyl (C=O) groups excluding carboxylic acids is 3. The summed E-state index contributed by atoms with van der Waals surface area (Å²) in [5.41, 5.74) is -0.0310. The van der Waals surface area contributed by atoms with Crippen molar-refractivity contribution in [3.63, 3.8) is 0 Å². The summed E-state index contributed by atoms with van der Waals surface area (Å²) < 4.78 is 30.3. The quantitative estimate of drug-likeness (QED) is 0.447. The van der Waals surface area contributed by atoms with Crippen LogP contribution < -0.4 is 15.4 Å². The molecule has 10 heteroatoms. The van der Waals surface area contributed by atoms with Crippen LogP contribution in [0, 0.1) is 0 Å². The molecule has 0 saturated carbocycles. The van der Waals surface area contributed by atoms with E-state index in [0.29, 0.717) is 6.54 Å². The smallest absolute Gasteiger partial charge is 0.338 e. The number of amides is 3. The van der Waals surface area contributed by atoms with Crippen LogP contribution in [0.4, 0.5) is 4.79 Å². The van der Waals surface area contributed by atoms with Crippen molar-refractivity contribution in [1.82, 2.24) is 15.4 Å². The van der Waals surface area contributed by atoms with Gasteiger partial charge in [0, 0.05) is 6.54 Å². The SMILES string of the molecule is CCCCNC(=O)NC(=O)COC(=O)c1cccc(S(=O)(=O)NC)c1. The molecule has 0 unspecified atom stereocenters. The van der Waals surface area contributed by atoms with Crippen molar-refractivity contribution in [3.8, 4) is 0 Å². The average molecular weight is 371 g/mol. The van der Waals surface area contributed by atoms with Gasteiger partial charge in [0.25, 0.3) is 5.91 Å². The highest BCUT2D eigenvalue weighted by Gasteiger charge is 2.16. The van der Waals surface area contributed by atoms with Gasteiger partial charge in [0.05, 0.1) is 10.5 Å². The van der Waals surface area contributed by atoms with E-state index in [9.17, 15) is 22.8 Å². The third kappa shape index (κ3) is 6.89. The van der Waals surface area contributed by atoms with Crippen molar-refractivity contribution in [3.05, 3.63) is 29.8 Å². The number of esters is 1. The molecule has 0 radical (unpaired) electrons. The van der Waals surface area contributed by atoms with Crippen molar-refractivity contribution in [1.29, 1.82) is 0 Å². The van der Waals surface area contributed by atoms with Gasteiger partial charge in [-0.2, -0.15) is 0 Å². The highest BCUT2D eigenvalue weighted by molar-refractivity contribution is 7.89. The fourth-order valence-electron chi connectivity index (χ4n) is 1.71. The minimum atomic E-state index is -3.70. The van der Waals surface area contributed by atoms with E-state index in [2.05, 4.69) is 10.0 Å². The molecule has 9 nitrogen and oxygen atoms in total. The number of hydrogen-bond acceptors (Lipinski definition) is 6. The van der Waals surface area contributed by atoms with Gasteiger partial charge in [-0.15, -0.1) is 0 Å². The molecule has 25 heavy (non-hydrogen) atoms. The largest absolute Gasteiger partial charge is 0.452 e. The Labute approximate surface area is 146 Å². The predicted octanol–water partition coefficient (Wildman–Crippen LogP) is 0.377. The highest BCUT2D eigenvalue weighted by atomic mass is 32.2. The molecule has 0 aliphatic rings. The lowest BCUT2D eigenvalue weighted by molar-refractivity contribution is -0.123. The highest BCUT2D eigenvalue weighted by Crippen LogP contribution is 2.12. The van der Waals surface area contributed by atoms with Crippen LogP contribution in [0.1, 0.15) is 30.1 Å². The number of sulfonamides is 1. The summed E-state index contributed by atoms with van der Waals surface area (Å²) >= 11 is 0. The van der Waals surface area contributed by atoms with Gasteiger partial charge in [0.15, 0.2) is 6.61 Å². The van der Waals surface area contributed by atoms with Gasteiger partial charge >= 0.3 is 12.0 Å². The Morgan fingerprint density at radius 2 is 1.92 bits per heavy atom. The van der Waals surface area contributed by atoms with E-state index in [0.717, 1.165) is 18.9 Å². The van der Waals surface area contributed by atoms with Gasteiger partial charge < -0.3 is 10.1 Å². The number of rotatable bonds is 8. The molecule has 0 aromatic heterocycles. The molecule has 3 amide bonds. The first-order valence-corrected chi connectivity index (χ1v) is 9.07. The number of carbonyl (C=O) groups is 3. The molecule has 0 aliphatic carbocycles. The number of urea groups is 1. The first-order chi connectivity index (χ1) is 11.8. The lowest BCUT2D eigenvalue weighted by Gasteiger charge is -2.08. The molecule has 1 aromatic rings. The van der Waals surface area contributed by atoms with Gasteiger partial charge in [-0.25, -0.2) is 22.7 Å². The summed E-state index contributed by atoms with van der Waals surface area (Å²) in [5.74, 6) is -1.67. The zero-order valence-corrected chi connectivity index (χ0v) is 14.8. The van der Waals surface area contributed by atoms with Crippen LogP contribution in [-0.4, -0.2) is 46.5 Å². The minimum Gasteiger partial charge on any atom is -0.452 e. The van der Waals surface area contributed by atoms with Crippen molar-refractivity contribution in [2.24, 2.45) is 0 Å². The lowest BCUT2D eigenvalue weighted by atomic mass is 10.2. The van der Waals surface area contributed by atoms with Crippen LogP contribution >= 0.6 is 0 Å². The maximum Gasteiger partial charge on any atom is 0.338 e. The summed E-state index contributed by atoms with van der Waals surface area (Å²) in [5, 5.41) is 4.50. The molecule has 3 N–H and O–H groups in total. The first kappa shape index (κ1) is 20.6. The van der Waals surface area contributed by atoms with Crippen molar-refractivity contribution in [2.45, 2.75) is 24.7 Å². The summed E-state index contributed by atoms with van der Waals surface area (Å²) in [6.45, 7) is 1.73. The Hall–Kier alpha value is -2.46. The summed E-state index contributed by atoms with van der Waals surface area (Å²) in [6, 6.07) is 4.50. The zero-order valence-electron chi connectivity index (χ0n) is 14.0. The number of unbranched alkanes of at least 4 members (excludes halogenated alkanes) is 1. The Balaban J connectivity index is 2.56. The van der Waals surface area contributed by atoms with Crippen molar-refractivity contribution in [2.75, 3.05) is 20.2 Å². The second-order valence-corrected chi connectivity index (χ2v) is 6.86. The van der Waals surface area contributed by atoms with E-state index >= 15 is 0 Å². The molecule has 138 valence electrons. The normalized spacial score (nSPS) is 10.8.